The quantitative estimate of drug-likeness (QED) is 0.632. The summed E-state index contributed by atoms with van der Waals surface area (Å²) in [5.74, 6) is 0.484. The van der Waals surface area contributed by atoms with Gasteiger partial charge in [0.05, 0.1) is 5.92 Å². The number of nitrogens with zero attached hydrogens (tertiary/aromatic N) is 2. The minimum absolute atomic E-state index is 0.0475. The van der Waals surface area contributed by atoms with Crippen molar-refractivity contribution in [2.75, 3.05) is 19.6 Å². The van der Waals surface area contributed by atoms with Crippen molar-refractivity contribution in [2.45, 2.75) is 39.2 Å². The molecule has 1 atom stereocenters. The number of benzene rings is 1. The van der Waals surface area contributed by atoms with Gasteiger partial charge in [0.15, 0.2) is 0 Å². The summed E-state index contributed by atoms with van der Waals surface area (Å²) in [6, 6.07) is 7.11. The number of carbonyl (C=O) groups excluding carboxylic acids is 2. The lowest BCUT2D eigenvalue weighted by atomic mass is 9.97. The summed E-state index contributed by atoms with van der Waals surface area (Å²) in [4.78, 5) is 31.3. The maximum Gasteiger partial charge on any atom is 0.273 e. The molecule has 0 saturated carbocycles. The van der Waals surface area contributed by atoms with Gasteiger partial charge < -0.3 is 15.0 Å². The van der Waals surface area contributed by atoms with Gasteiger partial charge in [-0.1, -0.05) is 24.9 Å². The summed E-state index contributed by atoms with van der Waals surface area (Å²) in [5, 5.41) is 6.12. The lowest BCUT2D eigenvalue weighted by Gasteiger charge is -2.31. The first-order valence-corrected chi connectivity index (χ1v) is 11.2. The van der Waals surface area contributed by atoms with Crippen LogP contribution < -0.4 is 10.1 Å². The van der Waals surface area contributed by atoms with E-state index in [0.29, 0.717) is 42.7 Å². The fourth-order valence-corrected chi connectivity index (χ4v) is 4.03. The number of unbranched alkanes of at least 4 members (excludes halogenated alkanes) is 1. The van der Waals surface area contributed by atoms with E-state index in [4.69, 9.17) is 16.3 Å². The van der Waals surface area contributed by atoms with Gasteiger partial charge in [0.2, 0.25) is 5.91 Å². The molecule has 1 aromatic carbocycles. The Bertz CT molecular complexity index is 825. The van der Waals surface area contributed by atoms with E-state index in [0.717, 1.165) is 30.7 Å². The molecule has 6 nitrogen and oxygen atoms in total. The smallest absolute Gasteiger partial charge is 0.273 e. The zero-order valence-corrected chi connectivity index (χ0v) is 18.1. The van der Waals surface area contributed by atoms with Gasteiger partial charge in [-0.15, -0.1) is 11.3 Å². The van der Waals surface area contributed by atoms with Crippen molar-refractivity contribution >= 4 is 34.8 Å². The Kier molecular flexibility index (Phi) is 7.89. The first-order chi connectivity index (χ1) is 14.1. The molecule has 0 radical (unpaired) electrons. The van der Waals surface area contributed by atoms with Crippen LogP contribution in [0.5, 0.6) is 5.75 Å². The highest BCUT2D eigenvalue weighted by Crippen LogP contribution is 2.21. The van der Waals surface area contributed by atoms with Gasteiger partial charge in [0.25, 0.3) is 5.91 Å². The van der Waals surface area contributed by atoms with E-state index in [1.807, 2.05) is 0 Å². The van der Waals surface area contributed by atoms with Crippen molar-refractivity contribution in [1.29, 1.82) is 0 Å². The average Bonchev–Trinajstić information content (AvgIpc) is 3.22. The Balaban J connectivity index is 1.53. The minimum Gasteiger partial charge on any atom is -0.486 e. The largest absolute Gasteiger partial charge is 0.486 e. The summed E-state index contributed by atoms with van der Waals surface area (Å²) < 4.78 is 5.69. The van der Waals surface area contributed by atoms with Crippen LogP contribution in [-0.2, 0) is 11.4 Å². The standard InChI is InChI=1S/C21H26ClN3O3S/c1-2-3-10-23-20(26)15-5-4-11-25(12-15)21(27)18-14-29-19(24-18)13-28-17-8-6-16(22)7-9-17/h6-9,14-15H,2-5,10-13H2,1H3,(H,23,26). The molecule has 0 aliphatic carbocycles. The van der Waals surface area contributed by atoms with Crippen LogP contribution in [0, 0.1) is 5.92 Å². The number of hydrogen-bond acceptors (Lipinski definition) is 5. The van der Waals surface area contributed by atoms with Gasteiger partial charge in [-0.3, -0.25) is 9.59 Å². The Morgan fingerprint density at radius 3 is 2.90 bits per heavy atom. The van der Waals surface area contributed by atoms with Gasteiger partial charge in [-0.05, 0) is 43.5 Å². The topological polar surface area (TPSA) is 71.5 Å². The van der Waals surface area contributed by atoms with E-state index in [-0.39, 0.29) is 17.7 Å². The molecule has 1 aliphatic heterocycles. The lowest BCUT2D eigenvalue weighted by molar-refractivity contribution is -0.126. The molecule has 2 aromatic rings. The highest BCUT2D eigenvalue weighted by atomic mass is 35.5. The van der Waals surface area contributed by atoms with E-state index < -0.39 is 0 Å². The Hall–Kier alpha value is -2.12. The van der Waals surface area contributed by atoms with Gasteiger partial charge in [0, 0.05) is 30.0 Å². The molecule has 1 aromatic heterocycles. The first kappa shape index (κ1) is 21.6. The Labute approximate surface area is 180 Å². The van der Waals surface area contributed by atoms with Crippen molar-refractivity contribution in [1.82, 2.24) is 15.2 Å². The fraction of sp³-hybridized carbons (Fsp3) is 0.476. The van der Waals surface area contributed by atoms with Crippen LogP contribution in [0.25, 0.3) is 0 Å². The second-order valence-corrected chi connectivity index (χ2v) is 8.48. The maximum atomic E-state index is 12.8. The number of halogens is 1. The maximum absolute atomic E-state index is 12.8. The molecule has 1 unspecified atom stereocenters. The number of hydrogen-bond donors (Lipinski definition) is 1. The van der Waals surface area contributed by atoms with E-state index >= 15 is 0 Å². The number of ether oxygens (including phenoxy) is 1. The lowest BCUT2D eigenvalue weighted by Crippen LogP contribution is -2.45. The molecule has 2 heterocycles. The van der Waals surface area contributed by atoms with E-state index in [9.17, 15) is 9.59 Å². The van der Waals surface area contributed by atoms with Crippen LogP contribution in [0.15, 0.2) is 29.6 Å². The molecule has 1 aliphatic rings. The van der Waals surface area contributed by atoms with E-state index in [2.05, 4.69) is 17.2 Å². The van der Waals surface area contributed by atoms with E-state index in [1.165, 1.54) is 11.3 Å². The molecule has 2 amide bonds. The molecular formula is C21H26ClN3O3S. The molecule has 0 spiro atoms. The minimum atomic E-state index is -0.143. The number of nitrogens with one attached hydrogen (secondary N) is 1. The molecule has 0 bridgehead atoms. The Morgan fingerprint density at radius 1 is 1.34 bits per heavy atom. The van der Waals surface area contributed by atoms with Crippen molar-refractivity contribution in [3.63, 3.8) is 0 Å². The first-order valence-electron chi connectivity index (χ1n) is 9.96. The summed E-state index contributed by atoms with van der Waals surface area (Å²) in [6.07, 6.45) is 3.66. The number of carbonyl (C=O) groups is 2. The average molecular weight is 436 g/mol. The molecule has 8 heteroatoms. The van der Waals surface area contributed by atoms with Crippen molar-refractivity contribution in [2.24, 2.45) is 5.92 Å². The van der Waals surface area contributed by atoms with Crippen LogP contribution in [0.2, 0.25) is 5.02 Å². The summed E-state index contributed by atoms with van der Waals surface area (Å²) in [7, 11) is 0. The van der Waals surface area contributed by atoms with Crippen molar-refractivity contribution in [3.05, 3.63) is 45.4 Å². The molecule has 29 heavy (non-hydrogen) atoms. The van der Waals surface area contributed by atoms with Gasteiger partial charge >= 0.3 is 0 Å². The van der Waals surface area contributed by atoms with Crippen molar-refractivity contribution < 1.29 is 14.3 Å². The van der Waals surface area contributed by atoms with Gasteiger partial charge in [0.1, 0.15) is 23.1 Å². The summed E-state index contributed by atoms with van der Waals surface area (Å²) >= 11 is 7.27. The van der Waals surface area contributed by atoms with E-state index in [1.54, 1.807) is 34.5 Å². The zero-order chi connectivity index (χ0) is 20.6. The fourth-order valence-electron chi connectivity index (χ4n) is 3.22. The van der Waals surface area contributed by atoms with Crippen LogP contribution in [-0.4, -0.2) is 41.3 Å². The van der Waals surface area contributed by atoms with Crippen LogP contribution in [0.1, 0.15) is 48.1 Å². The second-order valence-electron chi connectivity index (χ2n) is 7.10. The van der Waals surface area contributed by atoms with Crippen molar-refractivity contribution in [3.8, 4) is 5.75 Å². The molecule has 1 N–H and O–H groups in total. The summed E-state index contributed by atoms with van der Waals surface area (Å²) in [5.41, 5.74) is 0.414. The summed E-state index contributed by atoms with van der Waals surface area (Å²) in [6.45, 7) is 4.19. The molecule has 1 fully saturated rings. The molecular weight excluding hydrogens is 410 g/mol. The predicted octanol–water partition coefficient (Wildman–Crippen LogP) is 4.14. The van der Waals surface area contributed by atoms with Crippen LogP contribution in [0.3, 0.4) is 0 Å². The zero-order valence-electron chi connectivity index (χ0n) is 16.5. The van der Waals surface area contributed by atoms with Gasteiger partial charge in [-0.25, -0.2) is 4.98 Å². The number of rotatable bonds is 8. The van der Waals surface area contributed by atoms with Crippen LogP contribution >= 0.6 is 22.9 Å². The number of aromatic nitrogens is 1. The number of amides is 2. The molecule has 1 saturated heterocycles. The highest BCUT2D eigenvalue weighted by molar-refractivity contribution is 7.09. The monoisotopic (exact) mass is 435 g/mol. The highest BCUT2D eigenvalue weighted by Gasteiger charge is 2.29. The third kappa shape index (κ3) is 6.18. The van der Waals surface area contributed by atoms with Crippen LogP contribution in [0.4, 0.5) is 0 Å². The third-order valence-electron chi connectivity index (χ3n) is 4.86. The number of thiazole rings is 1. The molecule has 3 rings (SSSR count). The normalized spacial score (nSPS) is 16.5. The molecule has 156 valence electrons. The SMILES string of the molecule is CCCCNC(=O)C1CCCN(C(=O)c2csc(COc3ccc(Cl)cc3)n2)C1. The Morgan fingerprint density at radius 2 is 2.14 bits per heavy atom. The number of likely N-dealkylation sites (tertiary alicyclic amines) is 1. The van der Waals surface area contributed by atoms with Gasteiger partial charge in [-0.2, -0.15) is 0 Å². The number of piperidine rings is 1. The second kappa shape index (κ2) is 10.6. The predicted molar refractivity (Wildman–Crippen MR) is 114 cm³/mol. The third-order valence-corrected chi connectivity index (χ3v) is 5.93.